The van der Waals surface area contributed by atoms with Crippen molar-refractivity contribution in [1.82, 2.24) is 0 Å². The quantitative estimate of drug-likeness (QED) is 0.863. The fraction of sp³-hybridized carbons (Fsp3) is 0.188. The number of hydrogen-bond donors (Lipinski definition) is 1. The van der Waals surface area contributed by atoms with E-state index in [1.807, 2.05) is 0 Å². The smallest absolute Gasteiger partial charge is 0.265 e. The van der Waals surface area contributed by atoms with Gasteiger partial charge in [-0.05, 0) is 55.8 Å². The Labute approximate surface area is 138 Å². The van der Waals surface area contributed by atoms with E-state index in [-0.39, 0.29) is 11.7 Å². The zero-order valence-electron chi connectivity index (χ0n) is 12.0. The van der Waals surface area contributed by atoms with Crippen molar-refractivity contribution in [1.29, 1.82) is 0 Å². The first-order valence-corrected chi connectivity index (χ1v) is 7.31. The highest BCUT2D eigenvalue weighted by molar-refractivity contribution is 6.35. The normalized spacial score (nSPS) is 11.9. The van der Waals surface area contributed by atoms with Crippen molar-refractivity contribution in [2.75, 3.05) is 5.32 Å². The minimum atomic E-state index is -0.775. The van der Waals surface area contributed by atoms with Crippen LogP contribution in [0.2, 0.25) is 10.0 Å². The lowest BCUT2D eigenvalue weighted by Crippen LogP contribution is -2.30. The lowest BCUT2D eigenvalue weighted by Gasteiger charge is -2.16. The Hall–Kier alpha value is -1.78. The van der Waals surface area contributed by atoms with Crippen molar-refractivity contribution in [2.45, 2.75) is 20.0 Å². The second-order valence-electron chi connectivity index (χ2n) is 4.78. The lowest BCUT2D eigenvalue weighted by atomic mass is 10.2. The van der Waals surface area contributed by atoms with Gasteiger partial charge in [0.2, 0.25) is 0 Å². The highest BCUT2D eigenvalue weighted by Crippen LogP contribution is 2.28. The zero-order chi connectivity index (χ0) is 16.3. The summed E-state index contributed by atoms with van der Waals surface area (Å²) in [5, 5.41) is 3.50. The van der Waals surface area contributed by atoms with E-state index in [2.05, 4.69) is 5.32 Å². The van der Waals surface area contributed by atoms with Gasteiger partial charge in [0.15, 0.2) is 6.10 Å². The maximum absolute atomic E-state index is 13.0. The molecule has 0 radical (unpaired) electrons. The topological polar surface area (TPSA) is 38.3 Å². The molecule has 22 heavy (non-hydrogen) atoms. The van der Waals surface area contributed by atoms with E-state index in [0.29, 0.717) is 27.0 Å². The van der Waals surface area contributed by atoms with Crippen molar-refractivity contribution in [3.63, 3.8) is 0 Å². The molecular weight excluding hydrogens is 328 g/mol. The predicted octanol–water partition coefficient (Wildman–Crippen LogP) is 4.85. The third kappa shape index (κ3) is 4.12. The first kappa shape index (κ1) is 16.6. The summed E-state index contributed by atoms with van der Waals surface area (Å²) in [6.07, 6.45) is -0.775. The number of nitrogens with one attached hydrogen (secondary N) is 1. The van der Waals surface area contributed by atoms with Gasteiger partial charge in [-0.25, -0.2) is 4.39 Å². The Morgan fingerprint density at radius 1 is 1.23 bits per heavy atom. The number of halogens is 3. The minimum absolute atomic E-state index is 0.324. The molecule has 1 amide bonds. The van der Waals surface area contributed by atoms with Crippen LogP contribution in [0, 0.1) is 12.7 Å². The number of anilines is 1. The number of carbonyl (C=O) groups is 1. The molecule has 1 N–H and O–H groups in total. The molecule has 0 aromatic heterocycles. The number of hydrogen-bond acceptors (Lipinski definition) is 2. The van der Waals surface area contributed by atoms with Gasteiger partial charge in [-0.2, -0.15) is 0 Å². The molecule has 0 saturated carbocycles. The summed E-state index contributed by atoms with van der Waals surface area (Å²) in [6, 6.07) is 8.88. The van der Waals surface area contributed by atoms with E-state index in [4.69, 9.17) is 27.9 Å². The molecule has 0 aliphatic carbocycles. The highest BCUT2D eigenvalue weighted by atomic mass is 35.5. The van der Waals surface area contributed by atoms with Crippen LogP contribution in [0.3, 0.4) is 0 Å². The highest BCUT2D eigenvalue weighted by Gasteiger charge is 2.17. The summed E-state index contributed by atoms with van der Waals surface area (Å²) in [7, 11) is 0. The van der Waals surface area contributed by atoms with Gasteiger partial charge < -0.3 is 10.1 Å². The van der Waals surface area contributed by atoms with E-state index < -0.39 is 6.10 Å². The average Bonchev–Trinajstić information content (AvgIpc) is 2.44. The van der Waals surface area contributed by atoms with E-state index in [9.17, 15) is 9.18 Å². The van der Waals surface area contributed by atoms with Gasteiger partial charge in [0, 0.05) is 10.7 Å². The minimum Gasteiger partial charge on any atom is -0.479 e. The first-order valence-electron chi connectivity index (χ1n) is 6.55. The number of carbonyl (C=O) groups excluding carboxylic acids is 1. The van der Waals surface area contributed by atoms with Crippen LogP contribution >= 0.6 is 23.2 Å². The Morgan fingerprint density at radius 3 is 2.59 bits per heavy atom. The molecule has 2 aromatic rings. The lowest BCUT2D eigenvalue weighted by molar-refractivity contribution is -0.122. The molecule has 2 aromatic carbocycles. The average molecular weight is 342 g/mol. The molecule has 6 heteroatoms. The van der Waals surface area contributed by atoms with Crippen LogP contribution in [-0.2, 0) is 4.79 Å². The van der Waals surface area contributed by atoms with Gasteiger partial charge in [-0.1, -0.05) is 23.2 Å². The third-order valence-electron chi connectivity index (χ3n) is 3.01. The molecule has 116 valence electrons. The van der Waals surface area contributed by atoms with Gasteiger partial charge in [0.25, 0.3) is 5.91 Å². The fourth-order valence-corrected chi connectivity index (χ4v) is 2.27. The third-order valence-corrected chi connectivity index (χ3v) is 3.54. The van der Waals surface area contributed by atoms with Gasteiger partial charge >= 0.3 is 0 Å². The Balaban J connectivity index is 2.05. The van der Waals surface area contributed by atoms with Crippen molar-refractivity contribution >= 4 is 34.8 Å². The zero-order valence-corrected chi connectivity index (χ0v) is 13.5. The van der Waals surface area contributed by atoms with Crippen molar-refractivity contribution in [2.24, 2.45) is 0 Å². The number of aryl methyl sites for hydroxylation is 1. The van der Waals surface area contributed by atoms with E-state index >= 15 is 0 Å². The Morgan fingerprint density at radius 2 is 1.95 bits per heavy atom. The van der Waals surface area contributed by atoms with Crippen LogP contribution in [0.4, 0.5) is 10.1 Å². The predicted molar refractivity (Wildman–Crippen MR) is 86.3 cm³/mol. The summed E-state index contributed by atoms with van der Waals surface area (Å²) >= 11 is 11.8. The van der Waals surface area contributed by atoms with Crippen LogP contribution in [0.15, 0.2) is 36.4 Å². The summed E-state index contributed by atoms with van der Waals surface area (Å²) < 4.78 is 18.6. The molecule has 0 spiro atoms. The monoisotopic (exact) mass is 341 g/mol. The van der Waals surface area contributed by atoms with Crippen LogP contribution in [0.1, 0.15) is 12.5 Å². The first-order chi connectivity index (χ1) is 10.4. The molecule has 1 atom stereocenters. The van der Waals surface area contributed by atoms with E-state index in [1.165, 1.54) is 24.3 Å². The Bertz CT molecular complexity index is 707. The number of ether oxygens (including phenoxy) is 1. The SMILES string of the molecule is Cc1cc(F)ccc1NC(=O)[C@H](C)Oc1ccc(Cl)cc1Cl. The number of amides is 1. The van der Waals surface area contributed by atoms with Gasteiger partial charge in [0.1, 0.15) is 11.6 Å². The molecule has 3 nitrogen and oxygen atoms in total. The molecule has 0 saturated heterocycles. The van der Waals surface area contributed by atoms with Gasteiger partial charge in [-0.3, -0.25) is 4.79 Å². The standard InChI is InChI=1S/C16H14Cl2FNO2/c1-9-7-12(19)4-5-14(9)20-16(21)10(2)22-15-6-3-11(17)8-13(15)18/h3-8,10H,1-2H3,(H,20,21)/t10-/m0/s1. The van der Waals surface area contributed by atoms with Crippen LogP contribution in [0.5, 0.6) is 5.75 Å². The fourth-order valence-electron chi connectivity index (χ4n) is 1.82. The molecule has 0 unspecified atom stereocenters. The van der Waals surface area contributed by atoms with Crippen molar-refractivity contribution < 1.29 is 13.9 Å². The molecule has 0 aliphatic heterocycles. The van der Waals surface area contributed by atoms with Gasteiger partial charge in [-0.15, -0.1) is 0 Å². The number of benzene rings is 2. The van der Waals surface area contributed by atoms with Crippen LogP contribution < -0.4 is 10.1 Å². The van der Waals surface area contributed by atoms with Crippen molar-refractivity contribution in [3.05, 3.63) is 57.8 Å². The summed E-state index contributed by atoms with van der Waals surface area (Å²) in [5.74, 6) is -0.349. The van der Waals surface area contributed by atoms with Crippen molar-refractivity contribution in [3.8, 4) is 5.75 Å². The van der Waals surface area contributed by atoms with E-state index in [1.54, 1.807) is 26.0 Å². The van der Waals surface area contributed by atoms with Crippen LogP contribution in [-0.4, -0.2) is 12.0 Å². The van der Waals surface area contributed by atoms with Crippen LogP contribution in [0.25, 0.3) is 0 Å². The Kier molecular flexibility index (Phi) is 5.27. The summed E-state index contributed by atoms with van der Waals surface area (Å²) in [4.78, 5) is 12.1. The summed E-state index contributed by atoms with van der Waals surface area (Å²) in [6.45, 7) is 3.30. The second kappa shape index (κ2) is 6.99. The van der Waals surface area contributed by atoms with Gasteiger partial charge in [0.05, 0.1) is 5.02 Å². The molecule has 2 rings (SSSR count). The summed E-state index contributed by atoms with van der Waals surface area (Å²) in [5.41, 5.74) is 1.16. The van der Waals surface area contributed by atoms with E-state index in [0.717, 1.165) is 0 Å². The molecule has 0 bridgehead atoms. The molecule has 0 heterocycles. The second-order valence-corrected chi connectivity index (χ2v) is 5.63. The molecule has 0 aliphatic rings. The maximum Gasteiger partial charge on any atom is 0.265 e. The molecule has 0 fully saturated rings. The largest absolute Gasteiger partial charge is 0.479 e. The maximum atomic E-state index is 13.0. The molecular formula is C16H14Cl2FNO2. The number of rotatable bonds is 4.